The van der Waals surface area contributed by atoms with Gasteiger partial charge in [0.25, 0.3) is 0 Å². The van der Waals surface area contributed by atoms with Crippen LogP contribution in [0.25, 0.3) is 0 Å². The van der Waals surface area contributed by atoms with Crippen molar-refractivity contribution in [3.63, 3.8) is 0 Å². The highest BCUT2D eigenvalue weighted by atomic mass is 32.2. The average molecular weight is 252 g/mol. The fraction of sp³-hybridized carbons (Fsp3) is 0.385. The van der Waals surface area contributed by atoms with Crippen molar-refractivity contribution in [3.8, 4) is 0 Å². The van der Waals surface area contributed by atoms with Crippen molar-refractivity contribution < 1.29 is 4.43 Å². The minimum atomic E-state index is -1.43. The van der Waals surface area contributed by atoms with Gasteiger partial charge in [-0.3, -0.25) is 0 Å². The van der Waals surface area contributed by atoms with Crippen molar-refractivity contribution >= 4 is 20.1 Å². The zero-order valence-electron chi connectivity index (χ0n) is 10.5. The fourth-order valence-electron chi connectivity index (χ4n) is 1.30. The quantitative estimate of drug-likeness (QED) is 0.432. The first-order valence-electron chi connectivity index (χ1n) is 5.51. The van der Waals surface area contributed by atoms with Crippen LogP contribution >= 0.6 is 11.8 Å². The molecule has 0 saturated carbocycles. The monoisotopic (exact) mass is 252 g/mol. The summed E-state index contributed by atoms with van der Waals surface area (Å²) in [6.45, 7) is 8.65. The highest BCUT2D eigenvalue weighted by molar-refractivity contribution is 7.99. The van der Waals surface area contributed by atoms with Crippen LogP contribution in [0.15, 0.2) is 47.1 Å². The molecule has 0 heterocycles. The maximum atomic E-state index is 5.86. The Morgan fingerprint density at radius 3 is 2.44 bits per heavy atom. The molecule has 3 heteroatoms. The third-order valence-corrected chi connectivity index (χ3v) is 3.70. The van der Waals surface area contributed by atoms with E-state index in [9.17, 15) is 0 Å². The molecular formula is C13H20OSSi. The molecule has 0 atom stereocenters. The van der Waals surface area contributed by atoms with Crippen molar-refractivity contribution in [2.75, 3.05) is 5.75 Å². The van der Waals surface area contributed by atoms with E-state index in [4.69, 9.17) is 4.43 Å². The Bertz CT molecular complexity index is 341. The van der Waals surface area contributed by atoms with Crippen molar-refractivity contribution in [3.05, 3.63) is 42.2 Å². The van der Waals surface area contributed by atoms with Gasteiger partial charge in [0.15, 0.2) is 0 Å². The van der Waals surface area contributed by atoms with E-state index in [1.165, 1.54) is 4.90 Å². The smallest absolute Gasteiger partial charge is 0.241 e. The van der Waals surface area contributed by atoms with Gasteiger partial charge in [-0.25, -0.2) is 0 Å². The average Bonchev–Trinajstić information content (AvgIpc) is 2.16. The molecule has 0 fully saturated rings. The van der Waals surface area contributed by atoms with E-state index < -0.39 is 8.32 Å². The third kappa shape index (κ3) is 6.03. The lowest BCUT2D eigenvalue weighted by atomic mass is 10.4. The van der Waals surface area contributed by atoms with E-state index in [1.807, 2.05) is 24.8 Å². The molecule has 0 aliphatic rings. The molecule has 88 valence electrons. The van der Waals surface area contributed by atoms with Crippen LogP contribution in [-0.4, -0.2) is 14.1 Å². The van der Waals surface area contributed by atoms with Gasteiger partial charge in [-0.1, -0.05) is 18.2 Å². The van der Waals surface area contributed by atoms with E-state index in [-0.39, 0.29) is 0 Å². The summed E-state index contributed by atoms with van der Waals surface area (Å²) in [4.78, 5) is 1.31. The second-order valence-electron chi connectivity index (χ2n) is 4.65. The second kappa shape index (κ2) is 6.16. The molecule has 0 aliphatic carbocycles. The molecular weight excluding hydrogens is 232 g/mol. The molecule has 1 nitrogen and oxygen atoms in total. The Labute approximate surface area is 104 Å². The van der Waals surface area contributed by atoms with E-state index in [1.54, 1.807) is 0 Å². The molecule has 0 bridgehead atoms. The maximum absolute atomic E-state index is 5.86. The number of thioether (sulfide) groups is 1. The van der Waals surface area contributed by atoms with E-state index in [0.29, 0.717) is 0 Å². The van der Waals surface area contributed by atoms with Gasteiger partial charge >= 0.3 is 0 Å². The van der Waals surface area contributed by atoms with Gasteiger partial charge in [0.05, 0.1) is 5.76 Å². The Morgan fingerprint density at radius 1 is 1.25 bits per heavy atom. The van der Waals surface area contributed by atoms with Crippen molar-refractivity contribution in [2.45, 2.75) is 31.5 Å². The fourth-order valence-corrected chi connectivity index (χ4v) is 3.21. The minimum Gasteiger partial charge on any atom is -0.548 e. The predicted molar refractivity (Wildman–Crippen MR) is 75.4 cm³/mol. The van der Waals surface area contributed by atoms with Gasteiger partial charge in [-0.05, 0) is 44.8 Å². The SMILES string of the molecule is C/C(=C/CSc1ccccc1)O[Si](C)(C)C. The summed E-state index contributed by atoms with van der Waals surface area (Å²) >= 11 is 1.83. The van der Waals surface area contributed by atoms with Gasteiger partial charge in [-0.15, -0.1) is 11.8 Å². The molecule has 1 aromatic carbocycles. The molecule has 0 radical (unpaired) electrons. The molecule has 1 rings (SSSR count). The molecule has 0 aromatic heterocycles. The van der Waals surface area contributed by atoms with Gasteiger partial charge in [0.1, 0.15) is 0 Å². The van der Waals surface area contributed by atoms with Crippen molar-refractivity contribution in [1.82, 2.24) is 0 Å². The number of rotatable bonds is 5. The molecule has 1 aromatic rings. The first-order valence-corrected chi connectivity index (χ1v) is 9.90. The van der Waals surface area contributed by atoms with Crippen LogP contribution in [0.5, 0.6) is 0 Å². The van der Waals surface area contributed by atoms with Crippen LogP contribution < -0.4 is 0 Å². The molecule has 0 saturated heterocycles. The van der Waals surface area contributed by atoms with Crippen LogP contribution in [0.2, 0.25) is 19.6 Å². The summed E-state index contributed by atoms with van der Waals surface area (Å²) in [5.74, 6) is 2.03. The van der Waals surface area contributed by atoms with Crippen LogP contribution in [0.3, 0.4) is 0 Å². The van der Waals surface area contributed by atoms with E-state index in [2.05, 4.69) is 50.0 Å². The summed E-state index contributed by atoms with van der Waals surface area (Å²) in [6.07, 6.45) is 2.16. The first-order chi connectivity index (χ1) is 7.47. The largest absolute Gasteiger partial charge is 0.548 e. The zero-order valence-corrected chi connectivity index (χ0v) is 12.3. The van der Waals surface area contributed by atoms with Crippen LogP contribution in [0.1, 0.15) is 6.92 Å². The summed E-state index contributed by atoms with van der Waals surface area (Å²) in [7, 11) is -1.43. The lowest BCUT2D eigenvalue weighted by Crippen LogP contribution is -2.24. The van der Waals surface area contributed by atoms with Crippen LogP contribution in [0.4, 0.5) is 0 Å². The lowest BCUT2D eigenvalue weighted by molar-refractivity contribution is 0.423. The van der Waals surface area contributed by atoms with E-state index >= 15 is 0 Å². The topological polar surface area (TPSA) is 9.23 Å². The molecule has 0 aliphatic heterocycles. The molecule has 0 spiro atoms. The Balaban J connectivity index is 2.37. The summed E-state index contributed by atoms with van der Waals surface area (Å²) in [5, 5.41) is 0. The summed E-state index contributed by atoms with van der Waals surface area (Å²) in [5.41, 5.74) is 0. The molecule has 0 amide bonds. The number of hydrogen-bond acceptors (Lipinski definition) is 2. The minimum absolute atomic E-state index is 0.973. The third-order valence-electron chi connectivity index (χ3n) is 1.83. The Hall–Kier alpha value is -0.673. The highest BCUT2D eigenvalue weighted by Gasteiger charge is 2.15. The van der Waals surface area contributed by atoms with Crippen molar-refractivity contribution in [2.24, 2.45) is 0 Å². The number of benzene rings is 1. The molecule has 0 N–H and O–H groups in total. The number of hydrogen-bond donors (Lipinski definition) is 0. The van der Waals surface area contributed by atoms with E-state index in [0.717, 1.165) is 11.5 Å². The first kappa shape index (κ1) is 13.4. The van der Waals surface area contributed by atoms with Gasteiger partial charge < -0.3 is 4.43 Å². The van der Waals surface area contributed by atoms with Gasteiger partial charge in [-0.2, -0.15) is 0 Å². The maximum Gasteiger partial charge on any atom is 0.241 e. The Morgan fingerprint density at radius 2 is 1.88 bits per heavy atom. The second-order valence-corrected chi connectivity index (χ2v) is 10.2. The standard InChI is InChI=1S/C13H20OSSi/c1-12(14-16(2,3)4)10-11-15-13-8-6-5-7-9-13/h5-10H,11H2,1-4H3/b12-10-. The predicted octanol–water partition coefficient (Wildman–Crippen LogP) is 4.53. The van der Waals surface area contributed by atoms with Crippen LogP contribution in [-0.2, 0) is 4.43 Å². The Kier molecular flexibility index (Phi) is 5.15. The summed E-state index contributed by atoms with van der Waals surface area (Å²) in [6, 6.07) is 10.4. The van der Waals surface area contributed by atoms with Gasteiger partial charge in [0.2, 0.25) is 8.32 Å². The van der Waals surface area contributed by atoms with Crippen LogP contribution in [0, 0.1) is 0 Å². The molecule has 16 heavy (non-hydrogen) atoms. The molecule has 0 unspecified atom stereocenters. The lowest BCUT2D eigenvalue weighted by Gasteiger charge is -2.19. The zero-order chi connectivity index (χ0) is 12.0. The van der Waals surface area contributed by atoms with Crippen molar-refractivity contribution in [1.29, 1.82) is 0 Å². The highest BCUT2D eigenvalue weighted by Crippen LogP contribution is 2.18. The summed E-state index contributed by atoms with van der Waals surface area (Å²) < 4.78 is 5.86. The number of allylic oxidation sites excluding steroid dienone is 1. The van der Waals surface area contributed by atoms with Gasteiger partial charge in [0, 0.05) is 10.6 Å². The normalized spacial score (nSPS) is 12.6.